The Labute approximate surface area is 244 Å². The van der Waals surface area contributed by atoms with E-state index in [2.05, 4.69) is 50.9 Å². The summed E-state index contributed by atoms with van der Waals surface area (Å²) in [6.07, 6.45) is 2.71. The lowest BCUT2D eigenvalue weighted by atomic mass is 9.85. The number of piperidine rings is 2. The van der Waals surface area contributed by atoms with E-state index in [0.29, 0.717) is 17.9 Å². The number of anilines is 1. The standard InChI is InChI=1S/C32H34N4O4S/c37-29-10-9-28(31(38)33-29)36-27-6-2-5-25-24(7-8-26(30(25)27)32(36)39)22-11-13-34(14-12-22)20-21-3-1-4-23(19-21)41-35-15-17-40-18-16-35/h1-8,19,22,28H,9-18,20H2,(H,33,37,38). The molecule has 7 rings (SSSR count). The Morgan fingerprint density at radius 1 is 0.902 bits per heavy atom. The zero-order valence-electron chi connectivity index (χ0n) is 23.0. The number of rotatable bonds is 6. The fraction of sp³-hybridized carbons (Fsp3) is 0.406. The lowest BCUT2D eigenvalue weighted by molar-refractivity contribution is -0.134. The van der Waals surface area contributed by atoms with Crippen molar-refractivity contribution in [2.24, 2.45) is 0 Å². The van der Waals surface area contributed by atoms with E-state index in [0.717, 1.165) is 75.2 Å². The maximum absolute atomic E-state index is 13.5. The molecular formula is C32H34N4O4S. The maximum atomic E-state index is 13.5. The summed E-state index contributed by atoms with van der Waals surface area (Å²) in [7, 11) is 0. The fourth-order valence-electron chi connectivity index (χ4n) is 6.77. The minimum Gasteiger partial charge on any atom is -0.379 e. The predicted octanol–water partition coefficient (Wildman–Crippen LogP) is 4.32. The van der Waals surface area contributed by atoms with Crippen molar-refractivity contribution in [1.82, 2.24) is 14.5 Å². The van der Waals surface area contributed by atoms with Gasteiger partial charge in [-0.25, -0.2) is 4.31 Å². The van der Waals surface area contributed by atoms with Crippen LogP contribution in [0.2, 0.25) is 0 Å². The number of morpholine rings is 1. The molecule has 0 aliphatic carbocycles. The Kier molecular flexibility index (Phi) is 7.28. The number of nitrogens with one attached hydrogen (secondary N) is 1. The molecule has 0 radical (unpaired) electrons. The van der Waals surface area contributed by atoms with Gasteiger partial charge in [0.1, 0.15) is 6.04 Å². The summed E-state index contributed by atoms with van der Waals surface area (Å²) >= 11 is 1.83. The molecule has 41 heavy (non-hydrogen) atoms. The van der Waals surface area contributed by atoms with E-state index in [4.69, 9.17) is 4.74 Å². The Morgan fingerprint density at radius 3 is 2.51 bits per heavy atom. The van der Waals surface area contributed by atoms with Crippen molar-refractivity contribution in [2.75, 3.05) is 44.3 Å². The molecule has 3 amide bonds. The normalized spacial score (nSPS) is 22.5. The van der Waals surface area contributed by atoms with Gasteiger partial charge in [-0.1, -0.05) is 30.3 Å². The number of likely N-dealkylation sites (tertiary alicyclic amines) is 1. The zero-order chi connectivity index (χ0) is 27.9. The average molecular weight is 571 g/mol. The maximum Gasteiger partial charge on any atom is 0.259 e. The first-order valence-corrected chi connectivity index (χ1v) is 15.4. The number of benzene rings is 3. The van der Waals surface area contributed by atoms with Gasteiger partial charge >= 0.3 is 0 Å². The van der Waals surface area contributed by atoms with E-state index in [-0.39, 0.29) is 18.2 Å². The minimum absolute atomic E-state index is 0.152. The molecule has 1 atom stereocenters. The van der Waals surface area contributed by atoms with Crippen molar-refractivity contribution < 1.29 is 19.1 Å². The molecule has 0 saturated carbocycles. The number of hydrogen-bond acceptors (Lipinski definition) is 7. The highest BCUT2D eigenvalue weighted by Gasteiger charge is 2.41. The third kappa shape index (κ3) is 5.16. The largest absolute Gasteiger partial charge is 0.379 e. The first-order valence-electron chi connectivity index (χ1n) is 14.6. The number of amides is 3. The van der Waals surface area contributed by atoms with Crippen molar-refractivity contribution in [3.63, 3.8) is 0 Å². The van der Waals surface area contributed by atoms with Crippen molar-refractivity contribution in [3.8, 4) is 0 Å². The van der Waals surface area contributed by atoms with E-state index < -0.39 is 11.9 Å². The number of carbonyl (C=O) groups excluding carboxylic acids is 3. The Balaban J connectivity index is 1.05. The van der Waals surface area contributed by atoms with E-state index in [1.54, 1.807) is 4.90 Å². The van der Waals surface area contributed by atoms with Gasteiger partial charge in [-0.3, -0.25) is 29.5 Å². The molecule has 0 aromatic heterocycles. The van der Waals surface area contributed by atoms with Crippen molar-refractivity contribution in [2.45, 2.75) is 49.1 Å². The lowest BCUT2D eigenvalue weighted by Crippen LogP contribution is -2.53. The van der Waals surface area contributed by atoms with Gasteiger partial charge in [0.25, 0.3) is 5.91 Å². The number of carbonyl (C=O) groups is 3. The van der Waals surface area contributed by atoms with Crippen molar-refractivity contribution >= 4 is 46.1 Å². The van der Waals surface area contributed by atoms with Gasteiger partial charge in [0.15, 0.2) is 0 Å². The SMILES string of the molecule is O=C1CCC(N2C(=O)c3ccc(C4CCN(Cc5cccc(SN6CCOCC6)c5)CC4)c4cccc2c34)C(=O)N1. The van der Waals surface area contributed by atoms with Crippen molar-refractivity contribution in [1.29, 1.82) is 0 Å². The Morgan fingerprint density at radius 2 is 1.71 bits per heavy atom. The first-order chi connectivity index (χ1) is 20.0. The summed E-state index contributed by atoms with van der Waals surface area (Å²) in [6.45, 7) is 6.52. The van der Waals surface area contributed by atoms with Crippen LogP contribution in [0.3, 0.4) is 0 Å². The molecule has 3 saturated heterocycles. The first kappa shape index (κ1) is 26.6. The van der Waals surface area contributed by atoms with Gasteiger partial charge in [-0.2, -0.15) is 0 Å². The molecule has 212 valence electrons. The van der Waals surface area contributed by atoms with Gasteiger partial charge < -0.3 is 4.74 Å². The topological polar surface area (TPSA) is 82.2 Å². The number of ether oxygens (including phenoxy) is 1. The van der Waals surface area contributed by atoms with Gasteiger partial charge in [-0.05, 0) is 91.0 Å². The number of hydrogen-bond donors (Lipinski definition) is 1. The highest BCUT2D eigenvalue weighted by atomic mass is 32.2. The smallest absolute Gasteiger partial charge is 0.259 e. The Bertz CT molecular complexity index is 1510. The molecule has 4 aliphatic rings. The number of nitrogens with zero attached hydrogens (tertiary/aromatic N) is 3. The average Bonchev–Trinajstić information content (AvgIpc) is 3.27. The molecule has 0 bridgehead atoms. The van der Waals surface area contributed by atoms with Crippen LogP contribution in [0.5, 0.6) is 0 Å². The van der Waals surface area contributed by atoms with Crippen LogP contribution in [0, 0.1) is 0 Å². The summed E-state index contributed by atoms with van der Waals surface area (Å²) in [5, 5.41) is 4.45. The summed E-state index contributed by atoms with van der Waals surface area (Å²) in [5.41, 5.74) is 4.06. The second-order valence-electron chi connectivity index (χ2n) is 11.4. The summed E-state index contributed by atoms with van der Waals surface area (Å²) in [4.78, 5) is 43.3. The molecule has 0 spiro atoms. The van der Waals surface area contributed by atoms with Crippen LogP contribution in [0.15, 0.2) is 59.5 Å². The lowest BCUT2D eigenvalue weighted by Gasteiger charge is -2.33. The van der Waals surface area contributed by atoms with E-state index in [9.17, 15) is 14.4 Å². The van der Waals surface area contributed by atoms with Gasteiger partial charge in [0, 0.05) is 41.9 Å². The molecule has 1 unspecified atom stereocenters. The van der Waals surface area contributed by atoms with Crippen LogP contribution in [0.4, 0.5) is 5.69 Å². The van der Waals surface area contributed by atoms with Crippen molar-refractivity contribution in [3.05, 3.63) is 71.3 Å². The molecule has 3 aromatic carbocycles. The van der Waals surface area contributed by atoms with Crippen LogP contribution in [-0.4, -0.2) is 72.4 Å². The second-order valence-corrected chi connectivity index (χ2v) is 12.5. The van der Waals surface area contributed by atoms with E-state index in [1.807, 2.05) is 30.1 Å². The minimum atomic E-state index is -0.657. The third-order valence-electron chi connectivity index (χ3n) is 8.82. The number of imide groups is 1. The monoisotopic (exact) mass is 570 g/mol. The molecule has 9 heteroatoms. The zero-order valence-corrected chi connectivity index (χ0v) is 23.8. The second kappa shape index (κ2) is 11.2. The molecule has 4 heterocycles. The van der Waals surface area contributed by atoms with E-state index >= 15 is 0 Å². The van der Waals surface area contributed by atoms with Gasteiger partial charge in [0.05, 0.1) is 18.9 Å². The predicted molar refractivity (Wildman–Crippen MR) is 159 cm³/mol. The molecule has 3 aromatic rings. The van der Waals surface area contributed by atoms with Gasteiger partial charge in [-0.15, -0.1) is 0 Å². The fourth-order valence-corrected chi connectivity index (χ4v) is 7.74. The quantitative estimate of drug-likeness (QED) is 0.349. The van der Waals surface area contributed by atoms with Crippen LogP contribution in [-0.2, 0) is 20.9 Å². The van der Waals surface area contributed by atoms with Crippen LogP contribution in [0.25, 0.3) is 10.8 Å². The Hall–Kier alpha value is -3.24. The van der Waals surface area contributed by atoms with E-state index in [1.165, 1.54) is 16.0 Å². The molecule has 1 N–H and O–H groups in total. The molecule has 3 fully saturated rings. The van der Waals surface area contributed by atoms with Crippen LogP contribution >= 0.6 is 11.9 Å². The molecule has 4 aliphatic heterocycles. The summed E-state index contributed by atoms with van der Waals surface area (Å²) < 4.78 is 7.86. The molecule has 8 nitrogen and oxygen atoms in total. The third-order valence-corrected chi connectivity index (χ3v) is 9.91. The van der Waals surface area contributed by atoms with Crippen LogP contribution in [0.1, 0.15) is 53.1 Å². The highest BCUT2D eigenvalue weighted by molar-refractivity contribution is 7.97. The van der Waals surface area contributed by atoms with Crippen LogP contribution < -0.4 is 10.2 Å². The molecular weight excluding hydrogens is 536 g/mol. The summed E-state index contributed by atoms with van der Waals surface area (Å²) in [6, 6.07) is 18.3. The summed E-state index contributed by atoms with van der Waals surface area (Å²) in [5.74, 6) is -0.404. The van der Waals surface area contributed by atoms with Gasteiger partial charge in [0.2, 0.25) is 11.8 Å². The highest BCUT2D eigenvalue weighted by Crippen LogP contribution is 2.43.